The van der Waals surface area contributed by atoms with Crippen LogP contribution in [0.5, 0.6) is 0 Å². The number of fused-ring (bicyclic) bond motifs is 3. The molecule has 0 spiro atoms. The molecule has 0 bridgehead atoms. The van der Waals surface area contributed by atoms with Crippen LogP contribution in [-0.4, -0.2) is 15.5 Å². The number of hydrogen-bond donors (Lipinski definition) is 1. The van der Waals surface area contributed by atoms with Crippen LogP contribution in [0.25, 0.3) is 33.2 Å². The van der Waals surface area contributed by atoms with E-state index >= 15 is 0 Å². The fourth-order valence-electron chi connectivity index (χ4n) is 3.57. The molecular weight excluding hydrogens is 370 g/mol. The maximum absolute atomic E-state index is 12.6. The lowest BCUT2D eigenvalue weighted by atomic mass is 10.2. The van der Waals surface area contributed by atoms with Crippen LogP contribution in [-0.2, 0) is 13.1 Å². The molecule has 0 fully saturated rings. The van der Waals surface area contributed by atoms with Gasteiger partial charge in [-0.25, -0.2) is 4.98 Å². The van der Waals surface area contributed by atoms with Gasteiger partial charge in [-0.1, -0.05) is 24.3 Å². The van der Waals surface area contributed by atoms with Crippen molar-refractivity contribution in [3.8, 4) is 0 Å². The quantitative estimate of drug-likeness (QED) is 0.506. The summed E-state index contributed by atoms with van der Waals surface area (Å²) < 4.78 is 13.2. The highest BCUT2D eigenvalue weighted by molar-refractivity contribution is 5.97. The number of hydrogen-bond acceptors (Lipinski definition) is 5. The van der Waals surface area contributed by atoms with Gasteiger partial charge < -0.3 is 18.7 Å². The predicted molar refractivity (Wildman–Crippen MR) is 109 cm³/mol. The smallest absolute Gasteiger partial charge is 0.302 e. The summed E-state index contributed by atoms with van der Waals surface area (Å²) in [7, 11) is 0. The zero-order valence-corrected chi connectivity index (χ0v) is 15.6. The summed E-state index contributed by atoms with van der Waals surface area (Å²) in [6.45, 7) is 3.00. The Balaban J connectivity index is 1.45. The lowest BCUT2D eigenvalue weighted by Crippen LogP contribution is -2.24. The number of nitrogens with zero attached hydrogens (tertiary/aromatic N) is 2. The fraction of sp³-hybridized carbons (Fsp3) is 0.136. The largest absolute Gasteiger partial charge is 0.425 e. The number of aromatic nitrogens is 2. The van der Waals surface area contributed by atoms with E-state index in [2.05, 4.69) is 10.3 Å². The monoisotopic (exact) mass is 387 g/mol. The molecule has 0 saturated heterocycles. The molecule has 144 valence electrons. The number of amides is 1. The van der Waals surface area contributed by atoms with Crippen LogP contribution in [0.15, 0.2) is 68.2 Å². The molecule has 7 nitrogen and oxygen atoms in total. The minimum atomic E-state index is -0.436. The Morgan fingerprint density at radius 2 is 1.86 bits per heavy atom. The number of para-hydroxylation sites is 3. The molecule has 1 amide bonds. The average molecular weight is 387 g/mol. The molecule has 0 aliphatic heterocycles. The second-order valence-electron chi connectivity index (χ2n) is 6.68. The van der Waals surface area contributed by atoms with Crippen LogP contribution in [0.4, 0.5) is 0 Å². The Kier molecular flexibility index (Phi) is 3.94. The van der Waals surface area contributed by atoms with Crippen molar-refractivity contribution in [2.75, 3.05) is 0 Å². The molecule has 3 aromatic heterocycles. The van der Waals surface area contributed by atoms with E-state index in [1.54, 1.807) is 24.3 Å². The number of benzene rings is 2. The molecule has 3 heterocycles. The van der Waals surface area contributed by atoms with E-state index in [-0.39, 0.29) is 28.9 Å². The van der Waals surface area contributed by atoms with Gasteiger partial charge in [-0.2, -0.15) is 0 Å². The molecular formula is C22H17N3O4. The lowest BCUT2D eigenvalue weighted by Gasteiger charge is -2.06. The van der Waals surface area contributed by atoms with Crippen LogP contribution in [0, 0.1) is 0 Å². The first kappa shape index (κ1) is 17.2. The van der Waals surface area contributed by atoms with Gasteiger partial charge in [0.15, 0.2) is 5.76 Å². The molecule has 0 atom stereocenters. The Labute approximate surface area is 164 Å². The van der Waals surface area contributed by atoms with E-state index < -0.39 is 5.91 Å². The van der Waals surface area contributed by atoms with Crippen LogP contribution in [0.2, 0.25) is 0 Å². The van der Waals surface area contributed by atoms with Gasteiger partial charge in [-0.15, -0.1) is 0 Å². The summed E-state index contributed by atoms with van der Waals surface area (Å²) in [5.74, 6) is 0.377. The maximum atomic E-state index is 12.6. The Hall–Kier alpha value is -3.87. The van der Waals surface area contributed by atoms with Gasteiger partial charge >= 0.3 is 5.78 Å². The van der Waals surface area contributed by atoms with E-state index in [0.717, 1.165) is 23.4 Å². The predicted octanol–water partition coefficient (Wildman–Crippen LogP) is 3.84. The van der Waals surface area contributed by atoms with Gasteiger partial charge in [-0.05, 0) is 31.2 Å². The van der Waals surface area contributed by atoms with Gasteiger partial charge in [0.1, 0.15) is 16.8 Å². The lowest BCUT2D eigenvalue weighted by molar-refractivity contribution is 0.0922. The van der Waals surface area contributed by atoms with Crippen LogP contribution in [0.1, 0.15) is 23.3 Å². The molecule has 5 rings (SSSR count). The first-order valence-electron chi connectivity index (χ1n) is 9.33. The molecule has 1 N–H and O–H groups in total. The number of imidazole rings is 1. The number of carbonyl (C=O) groups is 1. The number of nitrogens with one attached hydrogen (secondary N) is 1. The highest BCUT2D eigenvalue weighted by atomic mass is 16.5. The molecule has 0 radical (unpaired) electrons. The van der Waals surface area contributed by atoms with Crippen molar-refractivity contribution in [1.82, 2.24) is 14.9 Å². The van der Waals surface area contributed by atoms with Crippen LogP contribution >= 0.6 is 0 Å². The van der Waals surface area contributed by atoms with Gasteiger partial charge in [-0.3, -0.25) is 9.59 Å². The topological polar surface area (TPSA) is 90.3 Å². The maximum Gasteiger partial charge on any atom is 0.302 e. The number of furan rings is 1. The minimum absolute atomic E-state index is 0.0234. The molecule has 5 aromatic rings. The fourth-order valence-corrected chi connectivity index (χ4v) is 3.57. The van der Waals surface area contributed by atoms with Crippen molar-refractivity contribution >= 4 is 39.1 Å². The standard InChI is InChI=1S/C22H17N3O4/c1-2-25-16-9-5-4-8-15(16)24-19(25)12-23-21(27)18-11-14-20(26)13-7-3-6-10-17(13)28-22(14)29-18/h3-11H,2,12H2,1H3,(H,23,27). The van der Waals surface area contributed by atoms with Gasteiger partial charge in [0.05, 0.1) is 23.0 Å². The van der Waals surface area contributed by atoms with Crippen molar-refractivity contribution in [3.63, 3.8) is 0 Å². The highest BCUT2D eigenvalue weighted by Gasteiger charge is 2.18. The number of carbonyl (C=O) groups excluding carboxylic acids is 1. The summed E-state index contributed by atoms with van der Waals surface area (Å²) in [4.78, 5) is 29.8. The van der Waals surface area contributed by atoms with E-state index in [1.165, 1.54) is 6.07 Å². The van der Waals surface area contributed by atoms with Gasteiger partial charge in [0.2, 0.25) is 5.43 Å². The number of rotatable bonds is 4. The van der Waals surface area contributed by atoms with Crippen molar-refractivity contribution in [1.29, 1.82) is 0 Å². The normalized spacial score (nSPS) is 11.5. The van der Waals surface area contributed by atoms with Crippen LogP contribution in [0.3, 0.4) is 0 Å². The molecule has 29 heavy (non-hydrogen) atoms. The molecule has 2 aromatic carbocycles. The van der Waals surface area contributed by atoms with Gasteiger partial charge in [0.25, 0.3) is 5.91 Å². The molecule has 0 aliphatic rings. The van der Waals surface area contributed by atoms with Crippen molar-refractivity contribution in [3.05, 3.63) is 76.4 Å². The summed E-state index contributed by atoms with van der Waals surface area (Å²) in [6.07, 6.45) is 0. The minimum Gasteiger partial charge on any atom is -0.425 e. The zero-order chi connectivity index (χ0) is 20.0. The van der Waals surface area contributed by atoms with Crippen molar-refractivity contribution in [2.24, 2.45) is 0 Å². The third kappa shape index (κ3) is 2.79. The summed E-state index contributed by atoms with van der Waals surface area (Å²) in [6, 6.07) is 16.2. The van der Waals surface area contributed by atoms with Crippen molar-refractivity contribution in [2.45, 2.75) is 20.0 Å². The van der Waals surface area contributed by atoms with Gasteiger partial charge in [0, 0.05) is 12.6 Å². The zero-order valence-electron chi connectivity index (χ0n) is 15.6. The first-order valence-corrected chi connectivity index (χ1v) is 9.33. The molecule has 0 saturated carbocycles. The number of aryl methyl sites for hydroxylation is 1. The molecule has 7 heteroatoms. The molecule has 0 unspecified atom stereocenters. The van der Waals surface area contributed by atoms with E-state index in [1.807, 2.05) is 35.8 Å². The van der Waals surface area contributed by atoms with E-state index in [9.17, 15) is 9.59 Å². The average Bonchev–Trinajstić information content (AvgIpc) is 3.33. The van der Waals surface area contributed by atoms with Crippen LogP contribution < -0.4 is 10.7 Å². The summed E-state index contributed by atoms with van der Waals surface area (Å²) in [5.41, 5.74) is 2.09. The highest BCUT2D eigenvalue weighted by Crippen LogP contribution is 2.22. The summed E-state index contributed by atoms with van der Waals surface area (Å²) in [5, 5.41) is 3.51. The Bertz CT molecular complexity index is 1440. The second kappa shape index (κ2) is 6.63. The van der Waals surface area contributed by atoms with E-state index in [0.29, 0.717) is 11.0 Å². The van der Waals surface area contributed by atoms with E-state index in [4.69, 9.17) is 8.83 Å². The molecule has 0 aliphatic carbocycles. The SMILES string of the molecule is CCn1c(CNC(=O)c2cc3c(=O)c4ccccc4oc3o2)nc2ccccc21. The third-order valence-electron chi connectivity index (χ3n) is 4.96. The first-order chi connectivity index (χ1) is 14.2. The van der Waals surface area contributed by atoms with Crippen molar-refractivity contribution < 1.29 is 13.6 Å². The third-order valence-corrected chi connectivity index (χ3v) is 4.96. The summed E-state index contributed by atoms with van der Waals surface area (Å²) >= 11 is 0. The Morgan fingerprint density at radius 3 is 2.72 bits per heavy atom. The Morgan fingerprint density at radius 1 is 1.07 bits per heavy atom. The second-order valence-corrected chi connectivity index (χ2v) is 6.68.